The zero-order chi connectivity index (χ0) is 7.92. The maximum absolute atomic E-state index is 11.7. The predicted molar refractivity (Wildman–Crippen MR) is 44.4 cm³/mol. The highest BCUT2D eigenvalue weighted by Gasteiger charge is 2.80. The summed E-state index contributed by atoms with van der Waals surface area (Å²) < 4.78 is 17.2. The average Bonchev–Trinajstić information content (AvgIpc) is 2.93. The molecule has 1 fully saturated rings. The van der Waals surface area contributed by atoms with Gasteiger partial charge in [-0.05, 0) is 6.07 Å². The van der Waals surface area contributed by atoms with Gasteiger partial charge in [0.1, 0.15) is 5.75 Å². The smallest absolute Gasteiger partial charge is 0.190 e. The number of para-hydroxylation sites is 1. The minimum atomic E-state index is -1.96. The molecule has 0 aromatic heterocycles. The fourth-order valence-corrected chi connectivity index (χ4v) is 4.98. The lowest BCUT2D eigenvalue weighted by molar-refractivity contribution is 0.439. The van der Waals surface area contributed by atoms with E-state index in [-0.39, 0.29) is 5.66 Å². The maximum atomic E-state index is 11.7. The van der Waals surface area contributed by atoms with Crippen molar-refractivity contribution in [3.63, 3.8) is 0 Å². The molecule has 0 radical (unpaired) electrons. The lowest BCUT2D eigenvalue weighted by Crippen LogP contribution is -2.01. The molecule has 0 saturated carbocycles. The highest BCUT2D eigenvalue weighted by Crippen LogP contribution is 3.06. The summed E-state index contributed by atoms with van der Waals surface area (Å²) in [6.45, 7) is 0. The molecule has 12 heavy (non-hydrogen) atoms. The summed E-state index contributed by atoms with van der Waals surface area (Å²) in [5.74, 6) is 0.908. The molecule has 0 spiro atoms. The molecule has 0 aliphatic carbocycles. The van der Waals surface area contributed by atoms with Gasteiger partial charge in [-0.1, -0.05) is 18.2 Å². The van der Waals surface area contributed by atoms with Crippen molar-refractivity contribution in [2.24, 2.45) is 0 Å². The Morgan fingerprint density at radius 2 is 2.08 bits per heavy atom. The molecule has 1 aromatic rings. The Morgan fingerprint density at radius 3 is 2.92 bits per heavy atom. The van der Waals surface area contributed by atoms with Crippen molar-refractivity contribution in [1.29, 1.82) is 0 Å². The quantitative estimate of drug-likeness (QED) is 0.568. The van der Waals surface area contributed by atoms with Crippen LogP contribution in [0.5, 0.6) is 5.75 Å². The van der Waals surface area contributed by atoms with E-state index in [2.05, 4.69) is 0 Å². The standard InChI is InChI=1S/C9H5O2P/c10-12-7-5-3-1-2-4-6(5)11-9(12)8(7)12/h1-4,7H. The lowest BCUT2D eigenvalue weighted by atomic mass is 10.1. The zero-order valence-electron chi connectivity index (χ0n) is 6.15. The summed E-state index contributed by atoms with van der Waals surface area (Å²) in [5, 5.41) is 1.11. The average molecular weight is 176 g/mol. The molecule has 2 bridgehead atoms. The van der Waals surface area contributed by atoms with Crippen molar-refractivity contribution in [2.45, 2.75) is 5.66 Å². The second-order valence-electron chi connectivity index (χ2n) is 3.39. The molecule has 4 aliphatic rings. The van der Waals surface area contributed by atoms with Crippen LogP contribution in [0.1, 0.15) is 11.2 Å². The van der Waals surface area contributed by atoms with Gasteiger partial charge in [0.2, 0.25) is 0 Å². The van der Waals surface area contributed by atoms with E-state index in [0.29, 0.717) is 0 Å². The van der Waals surface area contributed by atoms with Gasteiger partial charge in [-0.3, -0.25) is 0 Å². The predicted octanol–water partition coefficient (Wildman–Crippen LogP) is 2.68. The first-order valence-corrected chi connectivity index (χ1v) is 5.73. The first-order chi connectivity index (χ1) is 5.83. The molecule has 2 atom stereocenters. The molecular weight excluding hydrogens is 171 g/mol. The van der Waals surface area contributed by atoms with E-state index in [0.717, 1.165) is 22.1 Å². The highest BCUT2D eigenvalue weighted by molar-refractivity contribution is 7.89. The minimum Gasteiger partial charge on any atom is -0.453 e. The van der Waals surface area contributed by atoms with Gasteiger partial charge in [-0.15, -0.1) is 0 Å². The summed E-state index contributed by atoms with van der Waals surface area (Å²) in [4.78, 5) is 0. The lowest BCUT2D eigenvalue weighted by Gasteiger charge is -2.16. The van der Waals surface area contributed by atoms with E-state index in [1.54, 1.807) is 0 Å². The maximum Gasteiger partial charge on any atom is 0.190 e. The van der Waals surface area contributed by atoms with Gasteiger partial charge < -0.3 is 9.30 Å². The largest absolute Gasteiger partial charge is 0.453 e. The second-order valence-corrected chi connectivity index (χ2v) is 6.11. The van der Waals surface area contributed by atoms with Crippen LogP contribution in [0.25, 0.3) is 0 Å². The topological polar surface area (TPSA) is 26.3 Å². The van der Waals surface area contributed by atoms with Gasteiger partial charge in [0.05, 0.1) is 11.0 Å². The highest BCUT2D eigenvalue weighted by atomic mass is 31.2. The van der Waals surface area contributed by atoms with Gasteiger partial charge in [0.15, 0.2) is 12.6 Å². The summed E-state index contributed by atoms with van der Waals surface area (Å²) in [5.41, 5.74) is 2.22. The van der Waals surface area contributed by atoms with Crippen LogP contribution >= 0.6 is 7.14 Å². The fourth-order valence-electron chi connectivity index (χ4n) is 2.05. The molecule has 0 amide bonds. The van der Waals surface area contributed by atoms with Gasteiger partial charge in [0, 0.05) is 5.56 Å². The van der Waals surface area contributed by atoms with E-state index in [1.165, 1.54) is 0 Å². The van der Waals surface area contributed by atoms with Crippen molar-refractivity contribution in [3.8, 4) is 5.75 Å². The number of ether oxygens (including phenoxy) is 1. The second kappa shape index (κ2) is 1.29. The fraction of sp³-hybridized carbons (Fsp3) is 0.111. The van der Waals surface area contributed by atoms with Crippen molar-refractivity contribution >= 4 is 7.14 Å². The van der Waals surface area contributed by atoms with Crippen LogP contribution in [-0.2, 0) is 4.57 Å². The van der Waals surface area contributed by atoms with E-state index in [9.17, 15) is 4.57 Å². The number of hydrogen-bond acceptors (Lipinski definition) is 2. The minimum absolute atomic E-state index is 0.275. The Bertz CT molecular complexity index is 491. The van der Waals surface area contributed by atoms with Crippen molar-refractivity contribution in [1.82, 2.24) is 0 Å². The van der Waals surface area contributed by atoms with Crippen LogP contribution in [0.2, 0.25) is 0 Å². The zero-order valence-corrected chi connectivity index (χ0v) is 7.04. The molecule has 3 heteroatoms. The van der Waals surface area contributed by atoms with Crippen LogP contribution in [0.3, 0.4) is 0 Å². The SMILES string of the molecule is O=P12C3=C1C2c1ccccc1O3. The number of allylic oxidation sites excluding steroid dienone is 1. The molecule has 4 aliphatic heterocycles. The summed E-state index contributed by atoms with van der Waals surface area (Å²) in [7, 11) is -1.96. The number of rotatable bonds is 0. The Labute approximate surface area is 69.2 Å². The van der Waals surface area contributed by atoms with E-state index in [4.69, 9.17) is 4.74 Å². The van der Waals surface area contributed by atoms with Crippen molar-refractivity contribution in [2.75, 3.05) is 0 Å². The van der Waals surface area contributed by atoms with E-state index < -0.39 is 7.14 Å². The van der Waals surface area contributed by atoms with Crippen LogP contribution < -0.4 is 4.74 Å². The Kier molecular flexibility index (Phi) is 0.604. The van der Waals surface area contributed by atoms with Crippen LogP contribution in [-0.4, -0.2) is 0 Å². The van der Waals surface area contributed by atoms with E-state index >= 15 is 0 Å². The molecule has 4 heterocycles. The van der Waals surface area contributed by atoms with Crippen LogP contribution in [0, 0.1) is 0 Å². The normalized spacial score (nSPS) is 38.2. The Morgan fingerprint density at radius 1 is 1.33 bits per heavy atom. The first-order valence-electron chi connectivity index (χ1n) is 3.95. The van der Waals surface area contributed by atoms with Gasteiger partial charge >= 0.3 is 0 Å². The van der Waals surface area contributed by atoms with Gasteiger partial charge in [-0.2, -0.15) is 0 Å². The Hall–Kier alpha value is -1.01. The molecule has 1 aromatic carbocycles. The summed E-state index contributed by atoms with van der Waals surface area (Å²) in [6.07, 6.45) is 0. The Balaban J connectivity index is 2.05. The molecular formula is C9H5O2P. The summed E-state index contributed by atoms with van der Waals surface area (Å²) in [6, 6.07) is 7.86. The molecule has 2 unspecified atom stereocenters. The van der Waals surface area contributed by atoms with Gasteiger partial charge in [-0.25, -0.2) is 0 Å². The number of hydrogen-bond donors (Lipinski definition) is 0. The molecule has 0 N–H and O–H groups in total. The third kappa shape index (κ3) is 0.359. The van der Waals surface area contributed by atoms with Crippen molar-refractivity contribution < 1.29 is 9.30 Å². The van der Waals surface area contributed by atoms with Gasteiger partial charge in [0.25, 0.3) is 0 Å². The van der Waals surface area contributed by atoms with Crippen LogP contribution in [0.15, 0.2) is 35.1 Å². The summed E-state index contributed by atoms with van der Waals surface area (Å²) >= 11 is 0. The molecule has 2 nitrogen and oxygen atoms in total. The first kappa shape index (κ1) is 5.60. The molecule has 1 saturated heterocycles. The monoisotopic (exact) mass is 176 g/mol. The van der Waals surface area contributed by atoms with Crippen LogP contribution in [0.4, 0.5) is 0 Å². The number of benzene rings is 1. The van der Waals surface area contributed by atoms with Crippen molar-refractivity contribution in [3.05, 3.63) is 40.6 Å². The molecule has 58 valence electrons. The van der Waals surface area contributed by atoms with E-state index in [1.807, 2.05) is 24.3 Å². The third-order valence-corrected chi connectivity index (χ3v) is 5.68. The molecule has 5 rings (SSSR count). The third-order valence-electron chi connectivity index (χ3n) is 2.80.